The number of likely N-dealkylation sites (tertiary alicyclic amines) is 1. The number of benzene rings is 1. The number of pyridine rings is 1. The van der Waals surface area contributed by atoms with Gasteiger partial charge in [-0.15, -0.1) is 0 Å². The Labute approximate surface area is 140 Å². The quantitative estimate of drug-likeness (QED) is 0.941. The number of para-hydroxylation sites is 1. The van der Waals surface area contributed by atoms with Crippen LogP contribution in [0.5, 0.6) is 0 Å². The summed E-state index contributed by atoms with van der Waals surface area (Å²) in [7, 11) is 0. The van der Waals surface area contributed by atoms with Crippen LogP contribution in [0.25, 0.3) is 10.9 Å². The summed E-state index contributed by atoms with van der Waals surface area (Å²) >= 11 is 0. The predicted molar refractivity (Wildman–Crippen MR) is 90.0 cm³/mol. The van der Waals surface area contributed by atoms with Crippen LogP contribution in [-0.4, -0.2) is 39.0 Å². The molecule has 1 atom stereocenters. The first kappa shape index (κ1) is 15.1. The van der Waals surface area contributed by atoms with E-state index in [9.17, 15) is 14.7 Å². The number of aromatic nitrogens is 1. The molecule has 1 saturated heterocycles. The normalized spacial score (nSPS) is 23.6. The lowest BCUT2D eigenvalue weighted by Gasteiger charge is -2.31. The predicted octanol–water partition coefficient (Wildman–Crippen LogP) is 3.19. The summed E-state index contributed by atoms with van der Waals surface area (Å²) in [6, 6.07) is 9.48. The molecule has 2 heterocycles. The zero-order valence-corrected chi connectivity index (χ0v) is 13.7. The van der Waals surface area contributed by atoms with Gasteiger partial charge in [0.15, 0.2) is 0 Å². The van der Waals surface area contributed by atoms with E-state index in [0.717, 1.165) is 29.4 Å². The number of rotatable bonds is 3. The number of carboxylic acids is 1. The Morgan fingerprint density at radius 2 is 2.04 bits per heavy atom. The van der Waals surface area contributed by atoms with Gasteiger partial charge in [-0.1, -0.05) is 18.2 Å². The first-order valence-corrected chi connectivity index (χ1v) is 8.46. The Hall–Kier alpha value is -2.43. The van der Waals surface area contributed by atoms with Gasteiger partial charge in [-0.3, -0.25) is 9.78 Å². The highest BCUT2D eigenvalue weighted by atomic mass is 16.4. The van der Waals surface area contributed by atoms with Crippen molar-refractivity contribution in [3.63, 3.8) is 0 Å². The van der Waals surface area contributed by atoms with Crippen LogP contribution in [0.3, 0.4) is 0 Å². The first-order chi connectivity index (χ1) is 11.5. The van der Waals surface area contributed by atoms with Gasteiger partial charge in [-0.05, 0) is 44.7 Å². The lowest BCUT2D eigenvalue weighted by Crippen LogP contribution is -2.50. The Bertz CT molecular complexity index is 844. The van der Waals surface area contributed by atoms with Crippen molar-refractivity contribution in [2.75, 3.05) is 6.54 Å². The van der Waals surface area contributed by atoms with Crippen molar-refractivity contribution in [1.29, 1.82) is 0 Å². The Kier molecular flexibility index (Phi) is 3.34. The van der Waals surface area contributed by atoms with Gasteiger partial charge < -0.3 is 10.0 Å². The maximum absolute atomic E-state index is 13.2. The fourth-order valence-electron chi connectivity index (χ4n) is 3.62. The molecule has 5 heteroatoms. The van der Waals surface area contributed by atoms with E-state index in [-0.39, 0.29) is 5.91 Å². The van der Waals surface area contributed by atoms with E-state index < -0.39 is 11.5 Å². The van der Waals surface area contributed by atoms with Crippen molar-refractivity contribution in [3.05, 3.63) is 41.6 Å². The highest BCUT2D eigenvalue weighted by molar-refractivity contribution is 6.07. The van der Waals surface area contributed by atoms with Crippen LogP contribution in [0, 0.1) is 0 Å². The molecule has 0 spiro atoms. The van der Waals surface area contributed by atoms with Crippen LogP contribution in [0.1, 0.15) is 54.6 Å². The fraction of sp³-hybridized carbons (Fsp3) is 0.421. The zero-order chi connectivity index (χ0) is 16.9. The summed E-state index contributed by atoms with van der Waals surface area (Å²) in [5, 5.41) is 10.4. The summed E-state index contributed by atoms with van der Waals surface area (Å²) in [5.74, 6) is -0.697. The molecular weight excluding hydrogens is 304 g/mol. The minimum atomic E-state index is -1.12. The van der Waals surface area contributed by atoms with Crippen molar-refractivity contribution in [3.8, 4) is 0 Å². The molecule has 1 N–H and O–H groups in total. The average molecular weight is 324 g/mol. The van der Waals surface area contributed by atoms with Crippen LogP contribution in [0.2, 0.25) is 0 Å². The smallest absolute Gasteiger partial charge is 0.329 e. The SMILES string of the molecule is CC1(C(=O)O)CCCN1C(=O)c1cc(C2CC2)nc2ccccc12. The number of carbonyl (C=O) groups excluding carboxylic acids is 1. The minimum Gasteiger partial charge on any atom is -0.480 e. The first-order valence-electron chi connectivity index (χ1n) is 8.46. The fourth-order valence-corrected chi connectivity index (χ4v) is 3.62. The molecule has 1 aromatic carbocycles. The third kappa shape index (κ3) is 2.27. The number of amides is 1. The minimum absolute atomic E-state index is 0.196. The van der Waals surface area contributed by atoms with E-state index in [0.29, 0.717) is 30.9 Å². The Balaban J connectivity index is 1.83. The summed E-state index contributed by atoms with van der Waals surface area (Å²) in [4.78, 5) is 31.1. The van der Waals surface area contributed by atoms with Crippen LogP contribution >= 0.6 is 0 Å². The number of hydrogen-bond donors (Lipinski definition) is 1. The lowest BCUT2D eigenvalue weighted by molar-refractivity contribution is -0.147. The third-order valence-corrected chi connectivity index (χ3v) is 5.31. The van der Waals surface area contributed by atoms with E-state index in [1.54, 1.807) is 6.92 Å². The molecular formula is C19H20N2O3. The molecule has 1 saturated carbocycles. The van der Waals surface area contributed by atoms with E-state index in [4.69, 9.17) is 4.98 Å². The molecule has 0 bridgehead atoms. The van der Waals surface area contributed by atoms with Crippen molar-refractivity contribution in [1.82, 2.24) is 9.88 Å². The molecule has 1 aliphatic heterocycles. The number of nitrogens with zero attached hydrogens (tertiary/aromatic N) is 2. The second kappa shape index (κ2) is 5.30. The van der Waals surface area contributed by atoms with Crippen molar-refractivity contribution < 1.29 is 14.7 Å². The van der Waals surface area contributed by atoms with E-state index in [1.807, 2.05) is 30.3 Å². The summed E-state index contributed by atoms with van der Waals surface area (Å²) in [6.45, 7) is 2.13. The second-order valence-electron chi connectivity index (χ2n) is 7.03. The molecule has 1 unspecified atom stereocenters. The molecule has 0 radical (unpaired) electrons. The van der Waals surface area contributed by atoms with Gasteiger partial charge in [0.25, 0.3) is 5.91 Å². The maximum atomic E-state index is 13.2. The molecule has 4 rings (SSSR count). The van der Waals surface area contributed by atoms with Crippen molar-refractivity contribution in [2.45, 2.75) is 44.1 Å². The summed E-state index contributed by atoms with van der Waals surface area (Å²) in [5.41, 5.74) is 1.22. The third-order valence-electron chi connectivity index (χ3n) is 5.31. The summed E-state index contributed by atoms with van der Waals surface area (Å²) < 4.78 is 0. The number of carboxylic acid groups (broad SMARTS) is 1. The number of aliphatic carboxylic acids is 1. The van der Waals surface area contributed by atoms with Gasteiger partial charge in [0, 0.05) is 23.5 Å². The topological polar surface area (TPSA) is 70.5 Å². The maximum Gasteiger partial charge on any atom is 0.329 e. The number of carbonyl (C=O) groups is 2. The van der Waals surface area contributed by atoms with Gasteiger partial charge >= 0.3 is 5.97 Å². The highest BCUT2D eigenvalue weighted by Crippen LogP contribution is 2.41. The lowest BCUT2D eigenvalue weighted by atomic mass is 9.97. The molecule has 2 aromatic rings. The molecule has 1 aliphatic carbocycles. The van der Waals surface area contributed by atoms with Crippen molar-refractivity contribution >= 4 is 22.8 Å². The Morgan fingerprint density at radius 1 is 1.29 bits per heavy atom. The van der Waals surface area contributed by atoms with Gasteiger partial charge in [0.2, 0.25) is 0 Å². The average Bonchev–Trinajstić information content (AvgIpc) is 3.35. The van der Waals surface area contributed by atoms with Gasteiger partial charge in [0.05, 0.1) is 11.1 Å². The van der Waals surface area contributed by atoms with Crippen LogP contribution < -0.4 is 0 Å². The van der Waals surface area contributed by atoms with Crippen LogP contribution in [0.4, 0.5) is 0 Å². The van der Waals surface area contributed by atoms with Gasteiger partial charge in [-0.25, -0.2) is 4.79 Å². The van der Waals surface area contributed by atoms with Gasteiger partial charge in [0.1, 0.15) is 5.54 Å². The molecule has 24 heavy (non-hydrogen) atoms. The van der Waals surface area contributed by atoms with E-state index >= 15 is 0 Å². The molecule has 5 nitrogen and oxygen atoms in total. The molecule has 1 aromatic heterocycles. The highest BCUT2D eigenvalue weighted by Gasteiger charge is 2.46. The number of hydrogen-bond acceptors (Lipinski definition) is 3. The monoisotopic (exact) mass is 324 g/mol. The van der Waals surface area contributed by atoms with Crippen LogP contribution in [-0.2, 0) is 4.79 Å². The van der Waals surface area contributed by atoms with E-state index in [2.05, 4.69) is 0 Å². The Morgan fingerprint density at radius 3 is 2.75 bits per heavy atom. The standard InChI is InChI=1S/C19H20N2O3/c1-19(18(23)24)9-4-10-21(19)17(22)14-11-16(12-7-8-12)20-15-6-3-2-5-13(14)15/h2-3,5-6,11-12H,4,7-10H2,1H3,(H,23,24). The van der Waals surface area contributed by atoms with Crippen LogP contribution in [0.15, 0.2) is 30.3 Å². The summed E-state index contributed by atoms with van der Waals surface area (Å²) in [6.07, 6.45) is 3.42. The van der Waals surface area contributed by atoms with Gasteiger partial charge in [-0.2, -0.15) is 0 Å². The molecule has 1 amide bonds. The largest absolute Gasteiger partial charge is 0.480 e. The molecule has 2 fully saturated rings. The molecule has 124 valence electrons. The van der Waals surface area contributed by atoms with E-state index in [1.165, 1.54) is 4.90 Å². The second-order valence-corrected chi connectivity index (χ2v) is 7.03. The number of fused-ring (bicyclic) bond motifs is 1. The molecule has 2 aliphatic rings. The van der Waals surface area contributed by atoms with Crippen molar-refractivity contribution in [2.24, 2.45) is 0 Å². The zero-order valence-electron chi connectivity index (χ0n) is 13.7.